The van der Waals surface area contributed by atoms with E-state index in [4.69, 9.17) is 4.74 Å². The summed E-state index contributed by atoms with van der Waals surface area (Å²) in [5, 5.41) is 9.40. The van der Waals surface area contributed by atoms with Crippen molar-refractivity contribution in [3.8, 4) is 0 Å². The lowest BCUT2D eigenvalue weighted by molar-refractivity contribution is -0.144. The van der Waals surface area contributed by atoms with Crippen LogP contribution in [0.4, 0.5) is 4.79 Å². The molecule has 0 aliphatic carbocycles. The summed E-state index contributed by atoms with van der Waals surface area (Å²) in [6.45, 7) is 8.58. The lowest BCUT2D eigenvalue weighted by atomic mass is 9.89. The van der Waals surface area contributed by atoms with E-state index in [1.165, 1.54) is 4.90 Å². The fourth-order valence-corrected chi connectivity index (χ4v) is 2.76. The fourth-order valence-electron chi connectivity index (χ4n) is 2.76. The summed E-state index contributed by atoms with van der Waals surface area (Å²) in [6.07, 6.45) is 2.41. The maximum absolute atomic E-state index is 12.6. The molecule has 21 heavy (non-hydrogen) atoms. The van der Waals surface area contributed by atoms with Gasteiger partial charge in [0.1, 0.15) is 6.04 Å². The average molecular weight is 300 g/mol. The summed E-state index contributed by atoms with van der Waals surface area (Å²) < 4.78 is 5.28. The van der Waals surface area contributed by atoms with E-state index < -0.39 is 12.0 Å². The molecule has 1 aliphatic rings. The van der Waals surface area contributed by atoms with Crippen LogP contribution < -0.4 is 0 Å². The summed E-state index contributed by atoms with van der Waals surface area (Å²) in [6, 6.07) is -0.878. The van der Waals surface area contributed by atoms with Crippen LogP contribution in [0.2, 0.25) is 0 Å². The standard InChI is InChI=1S/C15H28N2O4/c1-4-12-7-8-17(13(11-12)14(18)19)15(20)16(5-2)9-10-21-6-3/h12-13H,4-11H2,1-3H3,(H,18,19). The first-order chi connectivity index (χ1) is 10.0. The van der Waals surface area contributed by atoms with Gasteiger partial charge in [-0.3, -0.25) is 0 Å². The van der Waals surface area contributed by atoms with E-state index in [2.05, 4.69) is 6.92 Å². The van der Waals surface area contributed by atoms with E-state index in [9.17, 15) is 14.7 Å². The van der Waals surface area contributed by atoms with Gasteiger partial charge in [0.25, 0.3) is 0 Å². The summed E-state index contributed by atoms with van der Waals surface area (Å²) >= 11 is 0. The van der Waals surface area contributed by atoms with Crippen LogP contribution in [0.3, 0.4) is 0 Å². The molecule has 6 heteroatoms. The van der Waals surface area contributed by atoms with Crippen molar-refractivity contribution >= 4 is 12.0 Å². The van der Waals surface area contributed by atoms with E-state index >= 15 is 0 Å². The first kappa shape index (κ1) is 17.8. The van der Waals surface area contributed by atoms with Crippen LogP contribution in [0.25, 0.3) is 0 Å². The second-order valence-electron chi connectivity index (χ2n) is 5.41. The van der Waals surface area contributed by atoms with E-state index in [0.29, 0.717) is 45.2 Å². The smallest absolute Gasteiger partial charge is 0.326 e. The molecule has 1 N–H and O–H groups in total. The lowest BCUT2D eigenvalue weighted by Crippen LogP contribution is -2.55. The van der Waals surface area contributed by atoms with Gasteiger partial charge in [-0.25, -0.2) is 9.59 Å². The molecule has 0 bridgehead atoms. The molecule has 0 aromatic heterocycles. The first-order valence-electron chi connectivity index (χ1n) is 7.91. The Bertz CT molecular complexity index is 349. The Hall–Kier alpha value is -1.30. The van der Waals surface area contributed by atoms with Crippen LogP contribution in [0.5, 0.6) is 0 Å². The van der Waals surface area contributed by atoms with Gasteiger partial charge in [0, 0.05) is 26.2 Å². The number of ether oxygens (including phenoxy) is 1. The van der Waals surface area contributed by atoms with Crippen LogP contribution in [-0.2, 0) is 9.53 Å². The summed E-state index contributed by atoms with van der Waals surface area (Å²) in [5.74, 6) is -0.504. The maximum atomic E-state index is 12.6. The molecule has 1 fully saturated rings. The Morgan fingerprint density at radius 1 is 1.33 bits per heavy atom. The Morgan fingerprint density at radius 2 is 2.05 bits per heavy atom. The van der Waals surface area contributed by atoms with Crippen molar-refractivity contribution in [2.24, 2.45) is 5.92 Å². The Balaban J connectivity index is 2.70. The highest BCUT2D eigenvalue weighted by molar-refractivity contribution is 5.83. The SMILES string of the molecule is CCOCCN(CC)C(=O)N1CCC(CC)CC1C(=O)O. The second-order valence-corrected chi connectivity index (χ2v) is 5.41. The van der Waals surface area contributed by atoms with Crippen molar-refractivity contribution < 1.29 is 19.4 Å². The highest BCUT2D eigenvalue weighted by Gasteiger charge is 2.37. The van der Waals surface area contributed by atoms with Crippen molar-refractivity contribution in [3.63, 3.8) is 0 Å². The zero-order chi connectivity index (χ0) is 15.8. The van der Waals surface area contributed by atoms with Gasteiger partial charge in [-0.1, -0.05) is 13.3 Å². The molecule has 122 valence electrons. The Labute approximate surface area is 127 Å². The Morgan fingerprint density at radius 3 is 2.57 bits per heavy atom. The molecular formula is C15H28N2O4. The third-order valence-corrected chi connectivity index (χ3v) is 4.18. The number of rotatable bonds is 7. The summed E-state index contributed by atoms with van der Waals surface area (Å²) in [4.78, 5) is 27.2. The quantitative estimate of drug-likeness (QED) is 0.730. The largest absolute Gasteiger partial charge is 0.480 e. The number of carboxylic acid groups (broad SMARTS) is 1. The van der Waals surface area contributed by atoms with Crippen molar-refractivity contribution in [2.45, 2.75) is 46.1 Å². The van der Waals surface area contributed by atoms with Crippen molar-refractivity contribution in [1.82, 2.24) is 9.80 Å². The number of aliphatic carboxylic acids is 1. The first-order valence-corrected chi connectivity index (χ1v) is 7.91. The molecule has 0 saturated carbocycles. The molecule has 0 aromatic carbocycles. The number of likely N-dealkylation sites (tertiary alicyclic amines) is 1. The zero-order valence-electron chi connectivity index (χ0n) is 13.4. The number of carboxylic acids is 1. The number of carbonyl (C=O) groups excluding carboxylic acids is 1. The number of hydrogen-bond acceptors (Lipinski definition) is 3. The van der Waals surface area contributed by atoms with Gasteiger partial charge in [-0.15, -0.1) is 0 Å². The molecule has 1 aliphatic heterocycles. The van der Waals surface area contributed by atoms with E-state index in [1.54, 1.807) is 4.90 Å². The molecule has 1 saturated heterocycles. The zero-order valence-corrected chi connectivity index (χ0v) is 13.4. The van der Waals surface area contributed by atoms with E-state index in [-0.39, 0.29) is 6.03 Å². The predicted molar refractivity (Wildman–Crippen MR) is 80.3 cm³/mol. The van der Waals surface area contributed by atoms with Crippen LogP contribution in [0.15, 0.2) is 0 Å². The highest BCUT2D eigenvalue weighted by atomic mass is 16.5. The number of hydrogen-bond donors (Lipinski definition) is 1. The van der Waals surface area contributed by atoms with Gasteiger partial charge in [0.2, 0.25) is 0 Å². The third-order valence-electron chi connectivity index (χ3n) is 4.18. The minimum atomic E-state index is -0.901. The van der Waals surface area contributed by atoms with E-state index in [1.807, 2.05) is 13.8 Å². The minimum absolute atomic E-state index is 0.181. The number of carbonyl (C=O) groups is 2. The number of amides is 2. The molecular weight excluding hydrogens is 272 g/mol. The fraction of sp³-hybridized carbons (Fsp3) is 0.867. The van der Waals surface area contributed by atoms with Gasteiger partial charge in [-0.05, 0) is 32.6 Å². The van der Waals surface area contributed by atoms with Gasteiger partial charge in [0.05, 0.1) is 6.61 Å². The van der Waals surface area contributed by atoms with Gasteiger partial charge in [0.15, 0.2) is 0 Å². The van der Waals surface area contributed by atoms with Crippen LogP contribution in [0, 0.1) is 5.92 Å². The number of likely N-dealkylation sites (N-methyl/N-ethyl adjacent to an activating group) is 1. The van der Waals surface area contributed by atoms with Crippen LogP contribution in [0.1, 0.15) is 40.0 Å². The number of urea groups is 1. The summed E-state index contributed by atoms with van der Waals surface area (Å²) in [5.41, 5.74) is 0. The molecule has 0 aromatic rings. The number of nitrogens with zero attached hydrogens (tertiary/aromatic N) is 2. The third kappa shape index (κ3) is 4.88. The monoisotopic (exact) mass is 300 g/mol. The van der Waals surface area contributed by atoms with E-state index in [0.717, 1.165) is 12.8 Å². The molecule has 0 radical (unpaired) electrons. The summed E-state index contributed by atoms with van der Waals surface area (Å²) in [7, 11) is 0. The molecule has 2 unspecified atom stereocenters. The molecule has 6 nitrogen and oxygen atoms in total. The molecule has 0 spiro atoms. The van der Waals surface area contributed by atoms with Gasteiger partial charge < -0.3 is 19.6 Å². The van der Waals surface area contributed by atoms with Gasteiger partial charge in [-0.2, -0.15) is 0 Å². The van der Waals surface area contributed by atoms with Gasteiger partial charge >= 0.3 is 12.0 Å². The minimum Gasteiger partial charge on any atom is -0.480 e. The second kappa shape index (κ2) is 8.87. The normalized spacial score (nSPS) is 22.1. The van der Waals surface area contributed by atoms with Crippen molar-refractivity contribution in [2.75, 3.05) is 32.8 Å². The van der Waals surface area contributed by atoms with Crippen LogP contribution in [-0.4, -0.2) is 65.8 Å². The maximum Gasteiger partial charge on any atom is 0.326 e. The molecule has 2 atom stereocenters. The Kier molecular flexibility index (Phi) is 7.50. The average Bonchev–Trinajstić information content (AvgIpc) is 2.50. The van der Waals surface area contributed by atoms with Crippen LogP contribution >= 0.6 is 0 Å². The molecule has 2 amide bonds. The topological polar surface area (TPSA) is 70.1 Å². The molecule has 1 heterocycles. The van der Waals surface area contributed by atoms with Crippen molar-refractivity contribution in [1.29, 1.82) is 0 Å². The van der Waals surface area contributed by atoms with Crippen molar-refractivity contribution in [3.05, 3.63) is 0 Å². The lowest BCUT2D eigenvalue weighted by Gasteiger charge is -2.39. The molecule has 1 rings (SSSR count). The predicted octanol–water partition coefficient (Wildman–Crippen LogP) is 2.04. The number of piperidine rings is 1. The highest BCUT2D eigenvalue weighted by Crippen LogP contribution is 2.26.